The van der Waals surface area contributed by atoms with Crippen molar-refractivity contribution in [2.75, 3.05) is 11.9 Å². The Morgan fingerprint density at radius 3 is 2.92 bits per heavy atom. The summed E-state index contributed by atoms with van der Waals surface area (Å²) in [7, 11) is 0. The van der Waals surface area contributed by atoms with Gasteiger partial charge >= 0.3 is 0 Å². The van der Waals surface area contributed by atoms with Crippen LogP contribution in [0.1, 0.15) is 29.9 Å². The number of nitrogens with one attached hydrogen (secondary N) is 3. The number of anilines is 2. The molecular formula is C18H22N4O2S. The quantitative estimate of drug-likeness (QED) is 0.520. The minimum atomic E-state index is -0.236. The highest BCUT2D eigenvalue weighted by atomic mass is 32.1. The van der Waals surface area contributed by atoms with Gasteiger partial charge in [-0.3, -0.25) is 4.79 Å². The van der Waals surface area contributed by atoms with Crippen molar-refractivity contribution in [1.29, 1.82) is 0 Å². The molecule has 1 atom stereocenters. The monoisotopic (exact) mass is 358 g/mol. The van der Waals surface area contributed by atoms with Crippen molar-refractivity contribution in [2.24, 2.45) is 5.92 Å². The fourth-order valence-electron chi connectivity index (χ4n) is 2.80. The Labute approximate surface area is 150 Å². The van der Waals surface area contributed by atoms with Gasteiger partial charge in [0.15, 0.2) is 0 Å². The number of aromatic nitrogens is 2. The molecule has 0 saturated carbocycles. The molecule has 0 aliphatic rings. The molecule has 7 heteroatoms. The van der Waals surface area contributed by atoms with Crippen molar-refractivity contribution in [3.63, 3.8) is 0 Å². The van der Waals surface area contributed by atoms with Crippen LogP contribution in [0.5, 0.6) is 0 Å². The van der Waals surface area contributed by atoms with Crippen LogP contribution in [0.25, 0.3) is 11.0 Å². The van der Waals surface area contributed by atoms with Crippen LogP contribution in [-0.2, 0) is 0 Å². The van der Waals surface area contributed by atoms with Gasteiger partial charge in [-0.15, -0.1) is 11.3 Å². The number of fused-ring (bicyclic) bond motifs is 1. The van der Waals surface area contributed by atoms with E-state index in [4.69, 9.17) is 0 Å². The maximum Gasteiger partial charge on any atom is 0.263 e. The minimum absolute atomic E-state index is 0.0631. The van der Waals surface area contributed by atoms with Crippen LogP contribution in [0.3, 0.4) is 0 Å². The third-order valence-electron chi connectivity index (χ3n) is 3.91. The topological polar surface area (TPSA) is 90.0 Å². The lowest BCUT2D eigenvalue weighted by Gasteiger charge is -2.18. The van der Waals surface area contributed by atoms with E-state index < -0.39 is 0 Å². The molecule has 0 spiro atoms. The summed E-state index contributed by atoms with van der Waals surface area (Å²) in [5.74, 6) is 0.230. The van der Waals surface area contributed by atoms with Gasteiger partial charge in [-0.2, -0.15) is 0 Å². The molecule has 132 valence electrons. The summed E-state index contributed by atoms with van der Waals surface area (Å²) in [6.07, 6.45) is 4.30. The molecule has 3 rings (SSSR count). The summed E-state index contributed by atoms with van der Waals surface area (Å²) in [6.45, 7) is 4.07. The van der Waals surface area contributed by atoms with E-state index >= 15 is 0 Å². The Kier molecular flexibility index (Phi) is 5.35. The van der Waals surface area contributed by atoms with Gasteiger partial charge in [0.1, 0.15) is 10.5 Å². The lowest BCUT2D eigenvalue weighted by molar-refractivity contribution is 0.0913. The molecule has 0 saturated heterocycles. The average Bonchev–Trinajstić information content (AvgIpc) is 3.23. The van der Waals surface area contributed by atoms with Gasteiger partial charge in [-0.05, 0) is 35.9 Å². The number of nitrogens with zero attached hydrogens (tertiary/aromatic N) is 1. The van der Waals surface area contributed by atoms with E-state index in [1.54, 1.807) is 6.20 Å². The minimum Gasteiger partial charge on any atom is -0.394 e. The zero-order chi connectivity index (χ0) is 17.8. The van der Waals surface area contributed by atoms with Crippen molar-refractivity contribution in [3.05, 3.63) is 40.8 Å². The number of carbonyl (C=O) groups excluding carboxylic acids is 1. The Morgan fingerprint density at radius 1 is 1.32 bits per heavy atom. The fourth-order valence-corrected chi connectivity index (χ4v) is 3.55. The Hall–Kier alpha value is -2.38. The normalized spacial score (nSPS) is 12.5. The zero-order valence-corrected chi connectivity index (χ0v) is 15.1. The van der Waals surface area contributed by atoms with Crippen LogP contribution in [0.4, 0.5) is 11.4 Å². The number of rotatable bonds is 7. The number of carbonyl (C=O) groups is 1. The molecule has 0 fully saturated rings. The van der Waals surface area contributed by atoms with Crippen molar-refractivity contribution >= 4 is 39.7 Å². The Balaban J connectivity index is 1.78. The van der Waals surface area contributed by atoms with Gasteiger partial charge in [-0.25, -0.2) is 4.98 Å². The van der Waals surface area contributed by atoms with E-state index in [1.807, 2.05) is 29.8 Å². The largest absolute Gasteiger partial charge is 0.394 e. The summed E-state index contributed by atoms with van der Waals surface area (Å²) < 4.78 is 0. The third-order valence-corrected chi connectivity index (χ3v) is 4.83. The molecule has 6 nitrogen and oxygen atoms in total. The Morgan fingerprint density at radius 2 is 2.16 bits per heavy atom. The molecule has 0 aromatic carbocycles. The zero-order valence-electron chi connectivity index (χ0n) is 14.2. The maximum atomic E-state index is 12.6. The number of hydrogen-bond donors (Lipinski definition) is 4. The Bertz CT molecular complexity index is 856. The molecule has 0 radical (unpaired) electrons. The van der Waals surface area contributed by atoms with Gasteiger partial charge in [0.25, 0.3) is 5.91 Å². The average molecular weight is 358 g/mol. The second-order valence-corrected chi connectivity index (χ2v) is 7.29. The molecule has 3 aromatic heterocycles. The van der Waals surface area contributed by atoms with Crippen LogP contribution in [0.2, 0.25) is 0 Å². The van der Waals surface area contributed by atoms with Crippen molar-refractivity contribution in [1.82, 2.24) is 15.3 Å². The summed E-state index contributed by atoms with van der Waals surface area (Å²) in [6, 6.07) is 5.47. The smallest absolute Gasteiger partial charge is 0.263 e. The van der Waals surface area contributed by atoms with E-state index in [0.717, 1.165) is 28.8 Å². The van der Waals surface area contributed by atoms with Crippen LogP contribution in [0, 0.1) is 5.92 Å². The first-order chi connectivity index (χ1) is 12.1. The third kappa shape index (κ3) is 4.00. The molecule has 3 aromatic rings. The highest BCUT2D eigenvalue weighted by Crippen LogP contribution is 2.29. The van der Waals surface area contributed by atoms with E-state index in [2.05, 4.69) is 34.4 Å². The van der Waals surface area contributed by atoms with E-state index in [1.165, 1.54) is 11.3 Å². The number of aromatic amines is 1. The number of amides is 1. The molecule has 0 aliphatic carbocycles. The fraction of sp³-hybridized carbons (Fsp3) is 0.333. The summed E-state index contributed by atoms with van der Waals surface area (Å²) >= 11 is 1.38. The molecule has 3 heterocycles. The second kappa shape index (κ2) is 7.67. The van der Waals surface area contributed by atoms with Crippen molar-refractivity contribution in [3.8, 4) is 0 Å². The van der Waals surface area contributed by atoms with E-state index in [9.17, 15) is 9.90 Å². The first kappa shape index (κ1) is 17.4. The van der Waals surface area contributed by atoms with Crippen molar-refractivity contribution in [2.45, 2.75) is 26.3 Å². The van der Waals surface area contributed by atoms with Gasteiger partial charge in [0.05, 0.1) is 24.0 Å². The van der Waals surface area contributed by atoms with Crippen molar-refractivity contribution < 1.29 is 9.90 Å². The SMILES string of the molecule is CC(C)C[C@@H](CO)NC(=O)c1sccc1Nc1ccnc2[nH]ccc12. The van der Waals surface area contributed by atoms with Gasteiger partial charge in [-0.1, -0.05) is 13.8 Å². The summed E-state index contributed by atoms with van der Waals surface area (Å²) in [5, 5.41) is 18.6. The molecule has 25 heavy (non-hydrogen) atoms. The van der Waals surface area contributed by atoms with E-state index in [0.29, 0.717) is 10.8 Å². The van der Waals surface area contributed by atoms with Gasteiger partial charge in [0, 0.05) is 17.8 Å². The molecule has 4 N–H and O–H groups in total. The highest BCUT2D eigenvalue weighted by Gasteiger charge is 2.18. The molecule has 0 bridgehead atoms. The maximum absolute atomic E-state index is 12.6. The number of aliphatic hydroxyl groups is 1. The number of hydrogen-bond acceptors (Lipinski definition) is 5. The molecule has 1 amide bonds. The van der Waals surface area contributed by atoms with Crippen LogP contribution >= 0.6 is 11.3 Å². The number of H-pyrrole nitrogens is 1. The van der Waals surface area contributed by atoms with Crippen LogP contribution < -0.4 is 10.6 Å². The molecule has 0 aliphatic heterocycles. The first-order valence-corrected chi connectivity index (χ1v) is 9.14. The van der Waals surface area contributed by atoms with Crippen LogP contribution in [0.15, 0.2) is 36.0 Å². The summed E-state index contributed by atoms with van der Waals surface area (Å²) in [5.41, 5.74) is 2.43. The molecular weight excluding hydrogens is 336 g/mol. The molecule has 0 unspecified atom stereocenters. The summed E-state index contributed by atoms with van der Waals surface area (Å²) in [4.78, 5) is 20.6. The van der Waals surface area contributed by atoms with E-state index in [-0.39, 0.29) is 18.6 Å². The lowest BCUT2D eigenvalue weighted by Crippen LogP contribution is -2.38. The van der Waals surface area contributed by atoms with Gasteiger partial charge < -0.3 is 20.7 Å². The van der Waals surface area contributed by atoms with Crippen LogP contribution in [-0.4, -0.2) is 33.6 Å². The first-order valence-electron chi connectivity index (χ1n) is 8.26. The predicted octanol–water partition coefficient (Wildman–Crippen LogP) is 3.50. The number of thiophene rings is 1. The number of aliphatic hydroxyl groups excluding tert-OH is 1. The number of pyridine rings is 1. The standard InChI is InChI=1S/C18H22N4O2S/c1-11(2)9-12(10-23)21-18(24)16-15(5-8-25-16)22-14-4-7-20-17-13(14)3-6-19-17/h3-8,11-12,23H,9-10H2,1-2H3,(H,21,24)(H2,19,20,22)/t12-/m0/s1. The lowest BCUT2D eigenvalue weighted by atomic mass is 10.0. The second-order valence-electron chi connectivity index (χ2n) is 6.37. The predicted molar refractivity (Wildman–Crippen MR) is 101 cm³/mol. The highest BCUT2D eigenvalue weighted by molar-refractivity contribution is 7.12. The van der Waals surface area contributed by atoms with Gasteiger partial charge in [0.2, 0.25) is 0 Å².